The van der Waals surface area contributed by atoms with Crippen molar-refractivity contribution in [2.45, 2.75) is 12.8 Å². The molecule has 1 unspecified atom stereocenters. The molecular formula is C19H21N3O3. The molecule has 1 aliphatic heterocycles. The number of amides is 1. The van der Waals surface area contributed by atoms with Gasteiger partial charge in [0.05, 0.1) is 18.2 Å². The van der Waals surface area contributed by atoms with Gasteiger partial charge < -0.3 is 15.4 Å². The van der Waals surface area contributed by atoms with Crippen molar-refractivity contribution < 1.29 is 14.3 Å². The normalized spacial score (nSPS) is 17.2. The molecule has 2 aromatic rings. The minimum Gasteiger partial charge on any atom is -0.496 e. The van der Waals surface area contributed by atoms with Crippen molar-refractivity contribution >= 4 is 17.5 Å². The second-order valence-electron chi connectivity index (χ2n) is 6.09. The Hall–Kier alpha value is -2.89. The molecule has 6 nitrogen and oxygen atoms in total. The molecule has 1 fully saturated rings. The monoisotopic (exact) mass is 339 g/mol. The van der Waals surface area contributed by atoms with Crippen LogP contribution in [0.5, 0.6) is 5.75 Å². The molecule has 3 rings (SSSR count). The molecule has 0 bridgehead atoms. The molecular weight excluding hydrogens is 318 g/mol. The van der Waals surface area contributed by atoms with Gasteiger partial charge in [0, 0.05) is 25.2 Å². The number of methoxy groups -OCH3 is 1. The molecule has 0 saturated carbocycles. The van der Waals surface area contributed by atoms with E-state index >= 15 is 0 Å². The fourth-order valence-electron chi connectivity index (χ4n) is 3.29. The van der Waals surface area contributed by atoms with Crippen molar-refractivity contribution in [3.05, 3.63) is 53.7 Å². The van der Waals surface area contributed by atoms with Gasteiger partial charge in [-0.05, 0) is 37.1 Å². The van der Waals surface area contributed by atoms with Crippen LogP contribution in [0.15, 0.2) is 42.6 Å². The molecule has 0 aliphatic carbocycles. The highest BCUT2D eigenvalue weighted by Crippen LogP contribution is 2.29. The van der Waals surface area contributed by atoms with Gasteiger partial charge in [-0.15, -0.1) is 0 Å². The Labute approximate surface area is 146 Å². The maximum absolute atomic E-state index is 13.0. The van der Waals surface area contributed by atoms with Crippen molar-refractivity contribution in [1.82, 2.24) is 4.98 Å². The molecule has 1 aromatic carbocycles. The van der Waals surface area contributed by atoms with Gasteiger partial charge in [-0.2, -0.15) is 0 Å². The summed E-state index contributed by atoms with van der Waals surface area (Å²) < 4.78 is 5.31. The van der Waals surface area contributed by atoms with E-state index in [1.165, 1.54) is 0 Å². The van der Waals surface area contributed by atoms with Crippen molar-refractivity contribution in [2.24, 2.45) is 11.7 Å². The van der Waals surface area contributed by atoms with Gasteiger partial charge in [0.2, 0.25) is 0 Å². The van der Waals surface area contributed by atoms with Crippen LogP contribution in [0.4, 0.5) is 5.82 Å². The second-order valence-corrected chi connectivity index (χ2v) is 6.09. The van der Waals surface area contributed by atoms with Crippen molar-refractivity contribution in [3.8, 4) is 5.75 Å². The second kappa shape index (κ2) is 7.34. The number of nitrogens with zero attached hydrogens (tertiary/aromatic N) is 2. The molecule has 130 valence electrons. The number of Topliss-reactive ketones (excluding diaryl/α,β-unsaturated/α-hetero) is 1. The number of para-hydroxylation sites is 1. The first-order valence-electron chi connectivity index (χ1n) is 8.29. The summed E-state index contributed by atoms with van der Waals surface area (Å²) in [7, 11) is 1.56. The van der Waals surface area contributed by atoms with E-state index < -0.39 is 5.91 Å². The quantitative estimate of drug-likeness (QED) is 0.845. The molecule has 2 heterocycles. The number of carbonyl (C=O) groups excluding carboxylic acids is 2. The van der Waals surface area contributed by atoms with Crippen molar-refractivity contribution in [3.63, 3.8) is 0 Å². The maximum atomic E-state index is 13.0. The number of primary amides is 1. The summed E-state index contributed by atoms with van der Waals surface area (Å²) in [4.78, 5) is 30.9. The summed E-state index contributed by atoms with van der Waals surface area (Å²) in [5.41, 5.74) is 6.43. The van der Waals surface area contributed by atoms with Crippen LogP contribution in [0.3, 0.4) is 0 Å². The molecule has 1 atom stereocenters. The Kier molecular flexibility index (Phi) is 4.97. The van der Waals surface area contributed by atoms with Crippen LogP contribution < -0.4 is 15.4 Å². The number of benzene rings is 1. The zero-order valence-electron chi connectivity index (χ0n) is 14.1. The van der Waals surface area contributed by atoms with Crippen LogP contribution in [0.1, 0.15) is 33.6 Å². The van der Waals surface area contributed by atoms with Gasteiger partial charge in [-0.3, -0.25) is 9.59 Å². The topological polar surface area (TPSA) is 85.5 Å². The van der Waals surface area contributed by atoms with Gasteiger partial charge in [0.15, 0.2) is 5.78 Å². The Morgan fingerprint density at radius 2 is 1.96 bits per heavy atom. The number of anilines is 1. The minimum absolute atomic E-state index is 0.0544. The summed E-state index contributed by atoms with van der Waals surface area (Å²) in [6.45, 7) is 1.25. The Morgan fingerprint density at radius 1 is 1.20 bits per heavy atom. The number of hydrogen-bond donors (Lipinski definition) is 1. The maximum Gasteiger partial charge on any atom is 0.252 e. The fourth-order valence-corrected chi connectivity index (χ4v) is 3.29. The average Bonchev–Trinajstić information content (AvgIpc) is 2.67. The van der Waals surface area contributed by atoms with Crippen LogP contribution in [0.2, 0.25) is 0 Å². The molecule has 25 heavy (non-hydrogen) atoms. The summed E-state index contributed by atoms with van der Waals surface area (Å²) >= 11 is 0. The Morgan fingerprint density at radius 3 is 2.72 bits per heavy atom. The molecule has 2 N–H and O–H groups in total. The minimum atomic E-state index is -0.513. The van der Waals surface area contributed by atoms with E-state index in [0.717, 1.165) is 19.4 Å². The van der Waals surface area contributed by atoms with E-state index in [1.807, 2.05) is 17.0 Å². The van der Waals surface area contributed by atoms with Gasteiger partial charge in [-0.25, -0.2) is 4.98 Å². The van der Waals surface area contributed by atoms with Crippen molar-refractivity contribution in [2.75, 3.05) is 25.1 Å². The van der Waals surface area contributed by atoms with E-state index in [0.29, 0.717) is 29.2 Å². The first-order valence-corrected chi connectivity index (χ1v) is 8.29. The Balaban J connectivity index is 1.84. The third kappa shape index (κ3) is 3.47. The van der Waals surface area contributed by atoms with Crippen LogP contribution in [-0.4, -0.2) is 36.9 Å². The average molecular weight is 339 g/mol. The lowest BCUT2D eigenvalue weighted by atomic mass is 9.89. The predicted octanol–water partition coefficient (Wildman–Crippen LogP) is 2.29. The SMILES string of the molecule is COc1ccccc1C(=O)C1CCCN(c2ncccc2C(N)=O)C1. The highest BCUT2D eigenvalue weighted by atomic mass is 16.5. The number of piperidine rings is 1. The van der Waals surface area contributed by atoms with E-state index in [1.54, 1.807) is 37.6 Å². The number of hydrogen-bond acceptors (Lipinski definition) is 5. The molecule has 6 heteroatoms. The standard InChI is InChI=1S/C19H21N3O3/c1-25-16-9-3-2-7-14(16)17(23)13-6-5-11-22(12-13)19-15(18(20)24)8-4-10-21-19/h2-4,7-10,13H,5-6,11-12H2,1H3,(H2,20,24). The van der Waals surface area contributed by atoms with Gasteiger partial charge in [-0.1, -0.05) is 12.1 Å². The van der Waals surface area contributed by atoms with Gasteiger partial charge >= 0.3 is 0 Å². The van der Waals surface area contributed by atoms with Gasteiger partial charge in [0.25, 0.3) is 5.91 Å². The molecule has 1 aliphatic rings. The number of nitrogens with two attached hydrogens (primary N) is 1. The summed E-state index contributed by atoms with van der Waals surface area (Å²) in [6.07, 6.45) is 3.28. The smallest absolute Gasteiger partial charge is 0.252 e. The largest absolute Gasteiger partial charge is 0.496 e. The first-order chi connectivity index (χ1) is 12.1. The van der Waals surface area contributed by atoms with Crippen LogP contribution in [0, 0.1) is 5.92 Å². The van der Waals surface area contributed by atoms with E-state index in [-0.39, 0.29) is 11.7 Å². The van der Waals surface area contributed by atoms with E-state index in [4.69, 9.17) is 10.5 Å². The lowest BCUT2D eigenvalue weighted by molar-refractivity contribution is 0.0904. The molecule has 1 amide bonds. The lowest BCUT2D eigenvalue weighted by Crippen LogP contribution is -2.40. The molecule has 0 radical (unpaired) electrons. The van der Waals surface area contributed by atoms with Crippen molar-refractivity contribution in [1.29, 1.82) is 0 Å². The van der Waals surface area contributed by atoms with E-state index in [9.17, 15) is 9.59 Å². The summed E-state index contributed by atoms with van der Waals surface area (Å²) in [5, 5.41) is 0. The highest BCUT2D eigenvalue weighted by molar-refractivity contribution is 6.01. The van der Waals surface area contributed by atoms with Gasteiger partial charge in [0.1, 0.15) is 11.6 Å². The number of carbonyl (C=O) groups is 2. The van der Waals surface area contributed by atoms with Crippen LogP contribution in [0.25, 0.3) is 0 Å². The first kappa shape index (κ1) is 17.0. The number of ether oxygens (including phenoxy) is 1. The molecule has 1 saturated heterocycles. The predicted molar refractivity (Wildman–Crippen MR) is 95.0 cm³/mol. The zero-order valence-corrected chi connectivity index (χ0v) is 14.1. The third-order valence-electron chi connectivity index (χ3n) is 4.52. The number of pyridine rings is 1. The number of ketones is 1. The highest BCUT2D eigenvalue weighted by Gasteiger charge is 2.30. The third-order valence-corrected chi connectivity index (χ3v) is 4.52. The van der Waals surface area contributed by atoms with Crippen LogP contribution in [-0.2, 0) is 0 Å². The van der Waals surface area contributed by atoms with E-state index in [2.05, 4.69) is 4.98 Å². The molecule has 0 spiro atoms. The number of rotatable bonds is 5. The summed E-state index contributed by atoms with van der Waals surface area (Å²) in [6, 6.07) is 10.6. The Bertz CT molecular complexity index is 791. The number of aromatic nitrogens is 1. The van der Waals surface area contributed by atoms with Crippen LogP contribution >= 0.6 is 0 Å². The molecule has 1 aromatic heterocycles. The fraction of sp³-hybridized carbons (Fsp3) is 0.316. The zero-order chi connectivity index (χ0) is 17.8. The summed E-state index contributed by atoms with van der Waals surface area (Å²) in [5.74, 6) is 0.501. The lowest BCUT2D eigenvalue weighted by Gasteiger charge is -2.33.